The van der Waals surface area contributed by atoms with E-state index in [4.69, 9.17) is 5.11 Å². The monoisotopic (exact) mass is 243 g/mol. The Labute approximate surface area is 104 Å². The number of nitrogens with one attached hydrogen (secondary N) is 2. The van der Waals surface area contributed by atoms with E-state index in [1.807, 2.05) is 24.3 Å². The first-order valence-electron chi connectivity index (χ1n) is 5.88. The minimum atomic E-state index is -0.999. The van der Waals surface area contributed by atoms with Gasteiger partial charge < -0.3 is 10.4 Å². The van der Waals surface area contributed by atoms with Crippen molar-refractivity contribution in [3.05, 3.63) is 36.0 Å². The van der Waals surface area contributed by atoms with Crippen molar-refractivity contribution >= 4 is 11.7 Å². The molecule has 1 aromatic carbocycles. The molecule has 3 N–H and O–H groups in total. The van der Waals surface area contributed by atoms with Crippen molar-refractivity contribution in [1.82, 2.24) is 10.2 Å². The maximum atomic E-state index is 10.7. The minimum absolute atomic E-state index is 0.102. The standard InChI is InChI=1S/C13H13N3O2/c17-13(18)12-7-11(15-16-12)8-1-3-9(4-2-8)14-10-5-6-10/h1-4,7,10,14H,5-6H2,(H,15,16)(H,17,18). The number of hydrogen-bond donors (Lipinski definition) is 3. The number of H-pyrrole nitrogens is 1. The summed E-state index contributed by atoms with van der Waals surface area (Å²) in [6.07, 6.45) is 2.48. The van der Waals surface area contributed by atoms with Gasteiger partial charge in [-0.15, -0.1) is 0 Å². The Hall–Kier alpha value is -2.30. The number of aromatic nitrogens is 2. The predicted molar refractivity (Wildman–Crippen MR) is 67.6 cm³/mol. The highest BCUT2D eigenvalue weighted by atomic mass is 16.4. The number of hydrogen-bond acceptors (Lipinski definition) is 3. The van der Waals surface area contributed by atoms with Crippen LogP contribution in [0.5, 0.6) is 0 Å². The fourth-order valence-electron chi connectivity index (χ4n) is 1.78. The maximum absolute atomic E-state index is 10.7. The van der Waals surface area contributed by atoms with Gasteiger partial charge >= 0.3 is 5.97 Å². The van der Waals surface area contributed by atoms with Gasteiger partial charge in [0.05, 0.1) is 5.69 Å². The highest BCUT2D eigenvalue weighted by Gasteiger charge is 2.20. The fraction of sp³-hybridized carbons (Fsp3) is 0.231. The Kier molecular flexibility index (Phi) is 2.51. The smallest absolute Gasteiger partial charge is 0.353 e. The van der Waals surface area contributed by atoms with Crippen LogP contribution in [0.2, 0.25) is 0 Å². The molecule has 0 aliphatic heterocycles. The van der Waals surface area contributed by atoms with Crippen LogP contribution in [0.1, 0.15) is 23.3 Å². The maximum Gasteiger partial charge on any atom is 0.353 e. The number of rotatable bonds is 4. The Balaban J connectivity index is 1.79. The molecule has 0 bridgehead atoms. The van der Waals surface area contributed by atoms with Crippen molar-refractivity contribution in [3.8, 4) is 11.3 Å². The van der Waals surface area contributed by atoms with Gasteiger partial charge in [0.1, 0.15) is 5.69 Å². The van der Waals surface area contributed by atoms with Crippen LogP contribution in [0.4, 0.5) is 5.69 Å². The number of benzene rings is 1. The Morgan fingerprint density at radius 3 is 2.61 bits per heavy atom. The number of carboxylic acids is 1. The van der Waals surface area contributed by atoms with Gasteiger partial charge in [-0.1, -0.05) is 12.1 Å². The number of carbonyl (C=O) groups is 1. The molecule has 1 aliphatic carbocycles. The van der Waals surface area contributed by atoms with E-state index < -0.39 is 5.97 Å². The Bertz CT molecular complexity index is 570. The molecule has 1 fully saturated rings. The van der Waals surface area contributed by atoms with Crippen molar-refractivity contribution in [2.45, 2.75) is 18.9 Å². The van der Waals surface area contributed by atoms with Crippen LogP contribution in [0.15, 0.2) is 30.3 Å². The molecule has 1 aromatic heterocycles. The Morgan fingerprint density at radius 1 is 1.33 bits per heavy atom. The van der Waals surface area contributed by atoms with Gasteiger partial charge in [0.2, 0.25) is 0 Å². The second-order valence-corrected chi connectivity index (χ2v) is 4.47. The van der Waals surface area contributed by atoms with E-state index in [1.54, 1.807) is 0 Å². The van der Waals surface area contributed by atoms with Crippen LogP contribution >= 0.6 is 0 Å². The third-order valence-electron chi connectivity index (χ3n) is 2.94. The predicted octanol–water partition coefficient (Wildman–Crippen LogP) is 2.35. The molecule has 5 heteroatoms. The molecule has 18 heavy (non-hydrogen) atoms. The van der Waals surface area contributed by atoms with Crippen LogP contribution in [0.3, 0.4) is 0 Å². The van der Waals surface area contributed by atoms with Gasteiger partial charge in [-0.25, -0.2) is 4.79 Å². The van der Waals surface area contributed by atoms with Gasteiger partial charge in [0.15, 0.2) is 0 Å². The van der Waals surface area contributed by atoms with Gasteiger partial charge in [-0.3, -0.25) is 5.10 Å². The second kappa shape index (κ2) is 4.18. The van der Waals surface area contributed by atoms with Gasteiger partial charge in [0.25, 0.3) is 0 Å². The zero-order chi connectivity index (χ0) is 12.5. The van der Waals surface area contributed by atoms with Crippen molar-refractivity contribution in [2.75, 3.05) is 5.32 Å². The summed E-state index contributed by atoms with van der Waals surface area (Å²) < 4.78 is 0. The summed E-state index contributed by atoms with van der Waals surface area (Å²) in [6, 6.07) is 10.0. The van der Waals surface area contributed by atoms with E-state index in [0.29, 0.717) is 11.7 Å². The molecule has 0 saturated heterocycles. The molecular formula is C13H13N3O2. The average Bonchev–Trinajstić information content (AvgIpc) is 3.04. The third-order valence-corrected chi connectivity index (χ3v) is 2.94. The van der Waals surface area contributed by atoms with Crippen LogP contribution in [0.25, 0.3) is 11.3 Å². The second-order valence-electron chi connectivity index (χ2n) is 4.47. The summed E-state index contributed by atoms with van der Waals surface area (Å²) in [6.45, 7) is 0. The summed E-state index contributed by atoms with van der Waals surface area (Å²) in [5, 5.41) is 18.7. The largest absolute Gasteiger partial charge is 0.477 e. The molecule has 0 unspecified atom stereocenters. The zero-order valence-electron chi connectivity index (χ0n) is 9.68. The lowest BCUT2D eigenvalue weighted by Crippen LogP contribution is -1.99. The van der Waals surface area contributed by atoms with E-state index >= 15 is 0 Å². The quantitative estimate of drug-likeness (QED) is 0.770. The molecule has 0 amide bonds. The van der Waals surface area contributed by atoms with Crippen molar-refractivity contribution < 1.29 is 9.90 Å². The van der Waals surface area contributed by atoms with Crippen LogP contribution < -0.4 is 5.32 Å². The van der Waals surface area contributed by atoms with Crippen LogP contribution in [-0.2, 0) is 0 Å². The fourth-order valence-corrected chi connectivity index (χ4v) is 1.78. The summed E-state index contributed by atoms with van der Waals surface area (Å²) in [5.41, 5.74) is 2.74. The summed E-state index contributed by atoms with van der Waals surface area (Å²) in [5.74, 6) is -0.999. The van der Waals surface area contributed by atoms with Gasteiger partial charge in [-0.05, 0) is 31.0 Å². The molecule has 2 aromatic rings. The molecule has 0 radical (unpaired) electrons. The lowest BCUT2D eigenvalue weighted by molar-refractivity contribution is 0.0690. The molecule has 0 atom stereocenters. The third kappa shape index (κ3) is 2.20. The van der Waals surface area contributed by atoms with Crippen molar-refractivity contribution in [2.24, 2.45) is 0 Å². The first-order chi connectivity index (χ1) is 8.72. The molecule has 1 saturated carbocycles. The van der Waals surface area contributed by atoms with Gasteiger partial charge in [-0.2, -0.15) is 5.10 Å². The van der Waals surface area contributed by atoms with E-state index in [-0.39, 0.29) is 5.69 Å². The van der Waals surface area contributed by atoms with E-state index in [2.05, 4.69) is 15.5 Å². The number of aromatic amines is 1. The van der Waals surface area contributed by atoms with E-state index in [1.165, 1.54) is 18.9 Å². The highest BCUT2D eigenvalue weighted by Crippen LogP contribution is 2.26. The first kappa shape index (κ1) is 10.8. The van der Waals surface area contributed by atoms with Crippen LogP contribution in [0, 0.1) is 0 Å². The summed E-state index contributed by atoms with van der Waals surface area (Å²) >= 11 is 0. The van der Waals surface area contributed by atoms with Crippen molar-refractivity contribution in [1.29, 1.82) is 0 Å². The van der Waals surface area contributed by atoms with Crippen LogP contribution in [-0.4, -0.2) is 27.3 Å². The molecule has 3 rings (SSSR count). The van der Waals surface area contributed by atoms with Crippen molar-refractivity contribution in [3.63, 3.8) is 0 Å². The topological polar surface area (TPSA) is 78.0 Å². The first-order valence-corrected chi connectivity index (χ1v) is 5.88. The Morgan fingerprint density at radius 2 is 2.06 bits per heavy atom. The SMILES string of the molecule is O=C(O)c1cc(-c2ccc(NC3CC3)cc2)n[nH]1. The van der Waals surface area contributed by atoms with Gasteiger partial charge in [0, 0.05) is 17.3 Å². The molecule has 5 nitrogen and oxygen atoms in total. The number of carboxylic acid groups (broad SMARTS) is 1. The number of nitrogens with zero attached hydrogens (tertiary/aromatic N) is 1. The molecule has 1 heterocycles. The zero-order valence-corrected chi connectivity index (χ0v) is 9.68. The van der Waals surface area contributed by atoms with E-state index in [9.17, 15) is 4.79 Å². The lowest BCUT2D eigenvalue weighted by atomic mass is 10.1. The van der Waals surface area contributed by atoms with E-state index in [0.717, 1.165) is 11.3 Å². The summed E-state index contributed by atoms with van der Waals surface area (Å²) in [4.78, 5) is 10.7. The molecule has 1 aliphatic rings. The molecule has 0 spiro atoms. The number of aromatic carboxylic acids is 1. The highest BCUT2D eigenvalue weighted by molar-refractivity contribution is 5.86. The lowest BCUT2D eigenvalue weighted by Gasteiger charge is -2.04. The minimum Gasteiger partial charge on any atom is -0.477 e. The average molecular weight is 243 g/mol. The summed E-state index contributed by atoms with van der Waals surface area (Å²) in [7, 11) is 0. The normalized spacial score (nSPS) is 14.4. The molecule has 92 valence electrons. The number of anilines is 1. The molecular weight excluding hydrogens is 230 g/mol.